The van der Waals surface area contributed by atoms with Crippen molar-refractivity contribution in [1.29, 1.82) is 0 Å². The fourth-order valence-corrected chi connectivity index (χ4v) is 22.1. The van der Waals surface area contributed by atoms with E-state index in [0.29, 0.717) is 201 Å². The summed E-state index contributed by atoms with van der Waals surface area (Å²) in [6.45, 7) is 13.3. The van der Waals surface area contributed by atoms with Gasteiger partial charge >= 0.3 is 0 Å². The van der Waals surface area contributed by atoms with E-state index in [1.807, 2.05) is 56.6 Å². The summed E-state index contributed by atoms with van der Waals surface area (Å²) >= 11 is 50.6. The summed E-state index contributed by atoms with van der Waals surface area (Å²) in [5, 5.41) is 15.1. The highest BCUT2D eigenvalue weighted by atomic mass is 35.5. The van der Waals surface area contributed by atoms with Crippen LogP contribution in [0.2, 0.25) is 40.2 Å². The first-order chi connectivity index (χ1) is 64.1. The molecule has 19 rings (SSSR count). The number of carbonyl (C=O) groups excluding carboxylic acids is 3. The van der Waals surface area contributed by atoms with Crippen molar-refractivity contribution in [3.05, 3.63) is 209 Å². The van der Waals surface area contributed by atoms with Gasteiger partial charge in [-0.15, -0.1) is 0 Å². The number of piperazine rings is 4. The summed E-state index contributed by atoms with van der Waals surface area (Å²) in [5.41, 5.74) is 14.1. The quantitative estimate of drug-likeness (QED) is 0.0601. The van der Waals surface area contributed by atoms with E-state index in [2.05, 4.69) is 29.0 Å². The van der Waals surface area contributed by atoms with Gasteiger partial charge in [0.25, 0.3) is 0 Å². The Labute approximate surface area is 823 Å². The second-order valence-electron chi connectivity index (χ2n) is 34.6. The monoisotopic (exact) mass is 2080 g/mol. The number of sulfonamides is 4. The first kappa shape index (κ1) is 99.1. The summed E-state index contributed by atoms with van der Waals surface area (Å²) in [5.74, 6) is 0.754. The lowest BCUT2D eigenvalue weighted by Gasteiger charge is -2.37. The van der Waals surface area contributed by atoms with Crippen LogP contribution in [0, 0.1) is 5.92 Å². The van der Waals surface area contributed by atoms with E-state index in [4.69, 9.17) is 117 Å². The number of anilines is 4. The van der Waals surface area contributed by atoms with Crippen molar-refractivity contribution < 1.29 is 58.0 Å². The highest BCUT2D eigenvalue weighted by Gasteiger charge is 2.39. The number of rotatable bonds is 21. The van der Waals surface area contributed by atoms with Gasteiger partial charge in [-0.3, -0.25) is 69.6 Å². The molecule has 45 heteroatoms. The third-order valence-corrected chi connectivity index (χ3v) is 31.0. The van der Waals surface area contributed by atoms with Gasteiger partial charge in [-0.25, -0.2) is 53.6 Å². The Morgan fingerprint density at radius 1 is 0.407 bits per heavy atom. The van der Waals surface area contributed by atoms with Crippen molar-refractivity contribution in [3.63, 3.8) is 0 Å². The lowest BCUT2D eigenvalue weighted by Crippen LogP contribution is -2.51. The largest absolute Gasteiger partial charge is 0.381 e. The molecular formula is C90H100Cl8N20O13S4. The molecule has 4 aromatic carbocycles. The minimum absolute atomic E-state index is 0.0537. The molecule has 7 saturated heterocycles. The van der Waals surface area contributed by atoms with Gasteiger partial charge in [0, 0.05) is 243 Å². The molecule has 7 aliphatic heterocycles. The molecule has 2 unspecified atom stereocenters. The molecule has 12 aromatic rings. The molecule has 8 aromatic heterocycles. The van der Waals surface area contributed by atoms with Crippen LogP contribution in [0.1, 0.15) is 61.3 Å². The van der Waals surface area contributed by atoms with Crippen LogP contribution in [0.15, 0.2) is 146 Å². The number of ether oxygens (including phenoxy) is 1. The van der Waals surface area contributed by atoms with Crippen LogP contribution in [0.4, 0.5) is 22.7 Å². The van der Waals surface area contributed by atoms with Gasteiger partial charge < -0.3 is 24.6 Å². The molecule has 15 heterocycles. The lowest BCUT2D eigenvalue weighted by atomic mass is 9.98. The Morgan fingerprint density at radius 2 is 0.719 bits per heavy atom. The topological polar surface area (TPSA) is 343 Å². The van der Waals surface area contributed by atoms with Gasteiger partial charge in [-0.1, -0.05) is 92.8 Å². The number of nitrogens with zero attached hydrogens (tertiary/aromatic N) is 18. The molecule has 3 amide bonds. The molecule has 2 atom stereocenters. The summed E-state index contributed by atoms with van der Waals surface area (Å²) in [7, 11) is -10.6. The van der Waals surface area contributed by atoms with Gasteiger partial charge in [0.05, 0.1) is 113 Å². The number of hydroxylamine groups is 2. The number of amides is 3. The zero-order chi connectivity index (χ0) is 96.0. The summed E-state index contributed by atoms with van der Waals surface area (Å²) < 4.78 is 116. The molecule has 718 valence electrons. The van der Waals surface area contributed by atoms with Crippen molar-refractivity contribution in [1.82, 2.24) is 76.9 Å². The van der Waals surface area contributed by atoms with E-state index in [1.54, 1.807) is 122 Å². The van der Waals surface area contributed by atoms with Crippen molar-refractivity contribution in [2.75, 3.05) is 162 Å². The van der Waals surface area contributed by atoms with E-state index < -0.39 is 40.1 Å². The van der Waals surface area contributed by atoms with Crippen LogP contribution in [0.3, 0.4) is 0 Å². The van der Waals surface area contributed by atoms with Crippen LogP contribution >= 0.6 is 92.8 Å². The highest BCUT2D eigenvalue weighted by Crippen LogP contribution is 2.41. The molecule has 0 aliphatic carbocycles. The Hall–Kier alpha value is -8.91. The van der Waals surface area contributed by atoms with Crippen molar-refractivity contribution in [2.24, 2.45) is 5.92 Å². The molecule has 135 heavy (non-hydrogen) atoms. The van der Waals surface area contributed by atoms with Crippen LogP contribution in [-0.4, -0.2) is 290 Å². The predicted molar refractivity (Wildman–Crippen MR) is 530 cm³/mol. The van der Waals surface area contributed by atoms with Gasteiger partial charge in [0.15, 0.2) is 0 Å². The molecule has 0 radical (unpaired) electrons. The van der Waals surface area contributed by atoms with Crippen LogP contribution in [0.25, 0.3) is 67.6 Å². The molecule has 33 nitrogen and oxygen atoms in total. The number of halogens is 8. The van der Waals surface area contributed by atoms with Crippen LogP contribution < -0.4 is 18.1 Å². The fraction of sp³-hybridized carbons (Fsp3) is 0.389. The minimum atomic E-state index is -3.44. The van der Waals surface area contributed by atoms with E-state index in [1.165, 1.54) is 40.3 Å². The molecule has 0 bridgehead atoms. The molecular weight excluding hydrogens is 1980 g/mol. The first-order valence-electron chi connectivity index (χ1n) is 43.6. The minimum Gasteiger partial charge on any atom is -0.381 e. The molecule has 0 spiro atoms. The number of fused-ring (bicyclic) bond motifs is 6. The zero-order valence-electron chi connectivity index (χ0n) is 74.5. The van der Waals surface area contributed by atoms with Gasteiger partial charge in [-0.2, -0.15) is 5.06 Å². The van der Waals surface area contributed by atoms with Crippen LogP contribution in [0.5, 0.6) is 0 Å². The van der Waals surface area contributed by atoms with Crippen LogP contribution in [-0.2, 0) is 85.4 Å². The Balaban J connectivity index is 0.000000131. The maximum Gasteiger partial charge on any atom is 0.232 e. The third-order valence-electron chi connectivity index (χ3n) is 25.2. The second-order valence-corrected chi connectivity index (χ2v) is 45.5. The van der Waals surface area contributed by atoms with Crippen molar-refractivity contribution in [3.8, 4) is 45.0 Å². The van der Waals surface area contributed by atoms with Gasteiger partial charge in [0.1, 0.15) is 22.6 Å². The summed E-state index contributed by atoms with van der Waals surface area (Å²) in [6, 6.07) is 35.7. The standard InChI is InChI=1S/C26H31Cl2N5O4S.C23H25Cl2N5O3S.C22H23Cl2N5O3S.C19H21Cl2N5O3S/c1-30(38(2,35)36)20-4-6-24-29-25(21-5-3-19(27)15-22(21)28)23(33(24)16-20)17-31-9-11-32(12-10-31)26(34)18-7-13-37-14-8-18;1-27(34(2,32)33)16-4-7-21-26-23(18-6-3-15(24)11-19(18)25)20(30(21)13-16)14-28-9-10-29-17(12-28)5-8-22(29)31;1-33(31,32)26-15-3-6-20-25-22(17-5-2-14(23)10-18(17)24)19(29(20)11-15)13-27-8-9-28-16(12-27)4-7-21(28)30;1-30(28,29)23-14-3-5-18-22-19(15-4-2-13(20)10-16(15)21)17(26(18)11-14)12-24-6-8-25(27)9-7-24/h3-6,15-16,18H,7-14,17H2,1-2H3;3-4,6-7,11,13,17H,5,8-10,12,14H2,1-2H3;2-3,5-6,10-11,16,26H,4,7-9,12-13H2,1H3;2-5,10-11,23,27H,6-9,12H2,1H3. The molecule has 7 aliphatic rings. The number of carbonyl (C=O) groups is 3. The maximum atomic E-state index is 13.0. The van der Waals surface area contributed by atoms with Crippen molar-refractivity contribution >= 4 is 196 Å². The normalized spacial score (nSPS) is 18.1. The summed E-state index contributed by atoms with van der Waals surface area (Å²) in [4.78, 5) is 71.6. The molecule has 3 N–H and O–H groups in total. The predicted octanol–water partition coefficient (Wildman–Crippen LogP) is 14.0. The molecule has 0 saturated carbocycles. The van der Waals surface area contributed by atoms with E-state index >= 15 is 0 Å². The number of imidazole rings is 4. The average molecular weight is 2080 g/mol. The number of pyridine rings is 4. The van der Waals surface area contributed by atoms with E-state index in [0.717, 1.165) is 134 Å². The fourth-order valence-electron chi connectivity index (χ4n) is 18.1. The number of hydrogen-bond donors (Lipinski definition) is 3. The van der Waals surface area contributed by atoms with Gasteiger partial charge in [-0.05, 0) is 147 Å². The Bertz CT molecular complexity index is 7040. The number of aromatic nitrogens is 8. The first-order valence-corrected chi connectivity index (χ1v) is 54.1. The molecule has 7 fully saturated rings. The second kappa shape index (κ2) is 41.3. The SMILES string of the molecule is CN(c1ccc2nc(-c3ccc(Cl)cc3Cl)c(CN3CCN(C(=O)C4CCOCC4)CC3)n2c1)S(C)(=O)=O.CN(c1ccc2nc(-c3ccc(Cl)cc3Cl)c(CN3CCN4C(=O)CCC4C3)n2c1)S(C)(=O)=O.CS(=O)(=O)Nc1ccc2nc(-c3ccc(Cl)cc3Cl)c(CN3CCN(O)CC3)n2c1.CS(=O)(=O)Nc1ccc2nc(-c3ccc(Cl)cc3Cl)c(CN3CCN4C(=O)CCC4C3)n2c1. The highest BCUT2D eigenvalue weighted by molar-refractivity contribution is 7.92. The van der Waals surface area contributed by atoms with Crippen molar-refractivity contribution in [2.45, 2.75) is 76.8 Å². The Morgan fingerprint density at radius 3 is 1.04 bits per heavy atom. The van der Waals surface area contributed by atoms with E-state index in [-0.39, 0.29) is 35.7 Å². The maximum absolute atomic E-state index is 13.0. The van der Waals surface area contributed by atoms with Gasteiger partial charge in [0.2, 0.25) is 57.8 Å². The lowest BCUT2D eigenvalue weighted by molar-refractivity contribution is -0.140. The number of nitrogens with one attached hydrogen (secondary N) is 2. The third kappa shape index (κ3) is 23.3. The Kier molecular flexibility index (Phi) is 30.3. The zero-order valence-corrected chi connectivity index (χ0v) is 83.8. The number of hydrogen-bond acceptors (Lipinski definition) is 22. The van der Waals surface area contributed by atoms with E-state index in [9.17, 15) is 53.3 Å². The smallest absolute Gasteiger partial charge is 0.232 e. The summed E-state index contributed by atoms with van der Waals surface area (Å²) in [6.07, 6.45) is 16.2. The average Bonchev–Trinajstić information content (AvgIpc) is 1.62. The number of benzene rings is 4.